The van der Waals surface area contributed by atoms with Crippen LogP contribution in [0.1, 0.15) is 30.2 Å². The van der Waals surface area contributed by atoms with E-state index in [9.17, 15) is 4.79 Å². The lowest BCUT2D eigenvalue weighted by molar-refractivity contribution is -0.146. The van der Waals surface area contributed by atoms with Gasteiger partial charge in [-0.25, -0.2) is 0 Å². The highest BCUT2D eigenvalue weighted by atomic mass is 16.5. The van der Waals surface area contributed by atoms with E-state index in [1.807, 2.05) is 30.3 Å². The van der Waals surface area contributed by atoms with Gasteiger partial charge >= 0.3 is 0 Å². The Morgan fingerprint density at radius 3 is 2.71 bits per heavy atom. The number of ether oxygens (including phenoxy) is 1. The monoisotopic (exact) mass is 326 g/mol. The third-order valence-corrected chi connectivity index (χ3v) is 4.72. The third-order valence-electron chi connectivity index (χ3n) is 4.72. The molecule has 4 rings (SSSR count). The van der Waals surface area contributed by atoms with Crippen LogP contribution >= 0.6 is 0 Å². The highest BCUT2D eigenvalue weighted by molar-refractivity contribution is 5.82. The Bertz CT molecular complexity index is 667. The first-order valence-corrected chi connectivity index (χ1v) is 8.55. The molecule has 1 N–H and O–H groups in total. The molecule has 1 saturated heterocycles. The first-order valence-electron chi connectivity index (χ1n) is 8.55. The van der Waals surface area contributed by atoms with Crippen molar-refractivity contribution >= 4 is 5.91 Å². The lowest BCUT2D eigenvalue weighted by atomic mass is 9.97. The van der Waals surface area contributed by atoms with E-state index in [1.165, 1.54) is 12.8 Å². The molecule has 24 heavy (non-hydrogen) atoms. The molecule has 5 heteroatoms. The Morgan fingerprint density at radius 2 is 2.00 bits per heavy atom. The summed E-state index contributed by atoms with van der Waals surface area (Å²) in [6, 6.07) is 14.4. The second kappa shape index (κ2) is 6.79. The van der Waals surface area contributed by atoms with Crippen LogP contribution in [-0.4, -0.2) is 36.1 Å². The van der Waals surface area contributed by atoms with Crippen molar-refractivity contribution in [1.29, 1.82) is 0 Å². The largest absolute Gasteiger partial charge is 0.467 e. The molecule has 2 heterocycles. The number of amides is 1. The molecule has 5 nitrogen and oxygen atoms in total. The molecule has 1 aliphatic carbocycles. The molecular weight excluding hydrogens is 304 g/mol. The van der Waals surface area contributed by atoms with E-state index in [0.717, 1.165) is 17.9 Å². The maximum atomic E-state index is 12.8. The second-order valence-electron chi connectivity index (χ2n) is 6.41. The van der Waals surface area contributed by atoms with Gasteiger partial charge in [0.05, 0.1) is 25.5 Å². The Morgan fingerprint density at radius 1 is 1.17 bits per heavy atom. The average Bonchev–Trinajstić information content (AvgIpc) is 3.35. The topological polar surface area (TPSA) is 54.7 Å². The van der Waals surface area contributed by atoms with E-state index in [1.54, 1.807) is 6.26 Å². The van der Waals surface area contributed by atoms with Crippen LogP contribution in [0.15, 0.2) is 53.1 Å². The number of benzene rings is 1. The van der Waals surface area contributed by atoms with Crippen LogP contribution in [0.3, 0.4) is 0 Å². The molecule has 2 aliphatic rings. The minimum Gasteiger partial charge on any atom is -0.467 e. The molecule has 2 fully saturated rings. The van der Waals surface area contributed by atoms with Gasteiger partial charge in [0, 0.05) is 12.6 Å². The van der Waals surface area contributed by atoms with Crippen LogP contribution in [0.25, 0.3) is 0 Å². The molecule has 0 radical (unpaired) electrons. The van der Waals surface area contributed by atoms with Crippen molar-refractivity contribution < 1.29 is 13.9 Å². The fourth-order valence-electron chi connectivity index (χ4n) is 3.43. The SMILES string of the molecule is O=C(NCc1ccco1)[C@@H]1OCCN(C2CC2)[C@H]1c1ccccc1. The van der Waals surface area contributed by atoms with E-state index in [0.29, 0.717) is 19.2 Å². The molecule has 1 aliphatic heterocycles. The highest BCUT2D eigenvalue weighted by Gasteiger charge is 2.43. The number of carbonyl (C=O) groups excluding carboxylic acids is 1. The number of carbonyl (C=O) groups is 1. The summed E-state index contributed by atoms with van der Waals surface area (Å²) in [6.45, 7) is 1.86. The number of nitrogens with zero attached hydrogens (tertiary/aromatic N) is 1. The Hall–Kier alpha value is -2.11. The molecule has 1 aromatic carbocycles. The van der Waals surface area contributed by atoms with Crippen molar-refractivity contribution in [2.24, 2.45) is 0 Å². The normalized spacial score (nSPS) is 24.7. The fourth-order valence-corrected chi connectivity index (χ4v) is 3.43. The van der Waals surface area contributed by atoms with Crippen LogP contribution in [0, 0.1) is 0 Å². The van der Waals surface area contributed by atoms with E-state index in [-0.39, 0.29) is 11.9 Å². The quantitative estimate of drug-likeness (QED) is 0.917. The van der Waals surface area contributed by atoms with Crippen molar-refractivity contribution in [2.75, 3.05) is 13.2 Å². The van der Waals surface area contributed by atoms with Crippen LogP contribution in [-0.2, 0) is 16.1 Å². The van der Waals surface area contributed by atoms with Crippen molar-refractivity contribution in [3.8, 4) is 0 Å². The van der Waals surface area contributed by atoms with Gasteiger partial charge in [0.25, 0.3) is 5.91 Å². The molecule has 0 bridgehead atoms. The molecule has 2 aromatic rings. The average molecular weight is 326 g/mol. The van der Waals surface area contributed by atoms with Gasteiger partial charge in [0.1, 0.15) is 5.76 Å². The molecule has 1 amide bonds. The molecule has 126 valence electrons. The lowest BCUT2D eigenvalue weighted by Crippen LogP contribution is -2.52. The van der Waals surface area contributed by atoms with E-state index in [4.69, 9.17) is 9.15 Å². The van der Waals surface area contributed by atoms with Gasteiger partial charge < -0.3 is 14.5 Å². The second-order valence-corrected chi connectivity index (χ2v) is 6.41. The summed E-state index contributed by atoms with van der Waals surface area (Å²) < 4.78 is 11.2. The number of hydrogen-bond acceptors (Lipinski definition) is 4. The standard InChI is InChI=1S/C19H22N2O3/c22-19(20-13-16-7-4-11-23-16)18-17(14-5-2-1-3-6-14)21(10-12-24-18)15-8-9-15/h1-7,11,15,17-18H,8-10,12-13H2,(H,20,22)/t17-,18+/m0/s1. The zero-order chi connectivity index (χ0) is 16.4. The third kappa shape index (κ3) is 3.23. The van der Waals surface area contributed by atoms with Gasteiger partial charge in [-0.05, 0) is 30.5 Å². The summed E-state index contributed by atoms with van der Waals surface area (Å²) in [5.41, 5.74) is 1.14. The highest BCUT2D eigenvalue weighted by Crippen LogP contribution is 2.38. The van der Waals surface area contributed by atoms with Crippen molar-refractivity contribution in [3.63, 3.8) is 0 Å². The van der Waals surface area contributed by atoms with Crippen LogP contribution < -0.4 is 5.32 Å². The molecule has 0 unspecified atom stereocenters. The summed E-state index contributed by atoms with van der Waals surface area (Å²) in [4.78, 5) is 15.2. The summed E-state index contributed by atoms with van der Waals surface area (Å²) in [5.74, 6) is 0.667. The maximum Gasteiger partial charge on any atom is 0.251 e. The summed E-state index contributed by atoms with van der Waals surface area (Å²) in [6.07, 6.45) is 3.55. The van der Waals surface area contributed by atoms with E-state index < -0.39 is 6.10 Å². The zero-order valence-electron chi connectivity index (χ0n) is 13.6. The summed E-state index contributed by atoms with van der Waals surface area (Å²) >= 11 is 0. The first kappa shape index (κ1) is 15.4. The number of furan rings is 1. The number of nitrogens with one attached hydrogen (secondary N) is 1. The van der Waals surface area contributed by atoms with E-state index in [2.05, 4.69) is 22.3 Å². The lowest BCUT2D eigenvalue weighted by Gasteiger charge is -2.41. The Labute approximate surface area is 141 Å². The molecule has 1 aromatic heterocycles. The predicted octanol–water partition coefficient (Wildman–Crippen LogP) is 2.50. The number of rotatable bonds is 5. The number of morpholine rings is 1. The van der Waals surface area contributed by atoms with Crippen molar-refractivity contribution in [3.05, 3.63) is 60.1 Å². The molecule has 2 atom stereocenters. The van der Waals surface area contributed by atoms with Crippen molar-refractivity contribution in [1.82, 2.24) is 10.2 Å². The van der Waals surface area contributed by atoms with Crippen LogP contribution in [0.5, 0.6) is 0 Å². The summed E-state index contributed by atoms with van der Waals surface area (Å²) in [7, 11) is 0. The van der Waals surface area contributed by atoms with Gasteiger partial charge in [-0.1, -0.05) is 30.3 Å². The summed E-state index contributed by atoms with van der Waals surface area (Å²) in [5, 5.41) is 2.95. The zero-order valence-corrected chi connectivity index (χ0v) is 13.6. The van der Waals surface area contributed by atoms with Gasteiger partial charge in [0.2, 0.25) is 0 Å². The molecule has 0 spiro atoms. The molecular formula is C19H22N2O3. The first-order chi connectivity index (χ1) is 11.8. The van der Waals surface area contributed by atoms with Gasteiger partial charge in [-0.2, -0.15) is 0 Å². The predicted molar refractivity (Wildman–Crippen MR) is 89.2 cm³/mol. The molecule has 1 saturated carbocycles. The smallest absolute Gasteiger partial charge is 0.251 e. The van der Waals surface area contributed by atoms with Crippen LogP contribution in [0.4, 0.5) is 0 Å². The number of hydrogen-bond donors (Lipinski definition) is 1. The Balaban J connectivity index is 1.53. The minimum atomic E-state index is -0.489. The van der Waals surface area contributed by atoms with Crippen LogP contribution in [0.2, 0.25) is 0 Å². The maximum absolute atomic E-state index is 12.8. The Kier molecular flexibility index (Phi) is 4.36. The van der Waals surface area contributed by atoms with Crippen molar-refractivity contribution in [2.45, 2.75) is 37.6 Å². The van der Waals surface area contributed by atoms with Gasteiger partial charge in [0.15, 0.2) is 6.10 Å². The van der Waals surface area contributed by atoms with Gasteiger partial charge in [-0.15, -0.1) is 0 Å². The van der Waals surface area contributed by atoms with E-state index >= 15 is 0 Å². The fraction of sp³-hybridized carbons (Fsp3) is 0.421. The minimum absolute atomic E-state index is 0.0240. The van der Waals surface area contributed by atoms with Gasteiger partial charge in [-0.3, -0.25) is 9.69 Å².